The van der Waals surface area contributed by atoms with Gasteiger partial charge in [0.1, 0.15) is 0 Å². The van der Waals surface area contributed by atoms with Gasteiger partial charge in [-0.1, -0.05) is 188 Å². The van der Waals surface area contributed by atoms with Gasteiger partial charge in [-0.3, -0.25) is 4.57 Å². The summed E-state index contributed by atoms with van der Waals surface area (Å²) >= 11 is 0. The van der Waals surface area contributed by atoms with Crippen LogP contribution >= 0.6 is 0 Å². The summed E-state index contributed by atoms with van der Waals surface area (Å²) in [6, 6.07) is 73.5. The molecular formula is C58H37N5. The maximum Gasteiger partial charge on any atom is 0.238 e. The van der Waals surface area contributed by atoms with Gasteiger partial charge in [0.15, 0.2) is 11.6 Å². The number of hydrogen-bond donors (Lipinski definition) is 0. The van der Waals surface area contributed by atoms with Gasteiger partial charge in [0.05, 0.1) is 27.8 Å². The Morgan fingerprint density at radius 3 is 1.62 bits per heavy atom. The van der Waals surface area contributed by atoms with Crippen molar-refractivity contribution in [3.05, 3.63) is 223 Å². The number of rotatable bonds is 6. The number of aromatic nitrogens is 5. The molecule has 3 heterocycles. The van der Waals surface area contributed by atoms with Crippen LogP contribution in [0.5, 0.6) is 0 Å². The van der Waals surface area contributed by atoms with E-state index in [0.29, 0.717) is 17.6 Å². The highest BCUT2D eigenvalue weighted by molar-refractivity contribution is 6.24. The summed E-state index contributed by atoms with van der Waals surface area (Å²) in [7, 11) is 0. The molecular weight excluding hydrogens is 767 g/mol. The fraction of sp³-hybridized carbons (Fsp3) is 0.0172. The van der Waals surface area contributed by atoms with Crippen LogP contribution in [0.3, 0.4) is 0 Å². The van der Waals surface area contributed by atoms with Gasteiger partial charge >= 0.3 is 0 Å². The van der Waals surface area contributed by atoms with Crippen molar-refractivity contribution in [2.24, 2.45) is 0 Å². The van der Waals surface area contributed by atoms with Crippen LogP contribution in [0.2, 0.25) is 0 Å². The molecule has 0 fully saturated rings. The zero-order valence-electron chi connectivity index (χ0n) is 34.2. The number of allylic oxidation sites excluding steroid dienone is 1. The highest BCUT2D eigenvalue weighted by atomic mass is 15.2. The van der Waals surface area contributed by atoms with E-state index in [9.17, 15) is 0 Å². The Morgan fingerprint density at radius 2 is 0.889 bits per heavy atom. The first-order chi connectivity index (χ1) is 31.3. The van der Waals surface area contributed by atoms with Crippen LogP contribution < -0.4 is 0 Å². The Labute approximate surface area is 363 Å². The third kappa shape index (κ3) is 5.53. The highest BCUT2D eigenvalue weighted by Gasteiger charge is 2.26. The third-order valence-corrected chi connectivity index (χ3v) is 12.8. The lowest BCUT2D eigenvalue weighted by atomic mass is 9.95. The molecule has 5 nitrogen and oxygen atoms in total. The summed E-state index contributed by atoms with van der Waals surface area (Å²) in [4.78, 5) is 16.2. The second-order valence-corrected chi connectivity index (χ2v) is 16.3. The monoisotopic (exact) mass is 803 g/mol. The van der Waals surface area contributed by atoms with E-state index < -0.39 is 0 Å². The van der Waals surface area contributed by atoms with Crippen LogP contribution in [0.4, 0.5) is 0 Å². The summed E-state index contributed by atoms with van der Waals surface area (Å²) in [5.74, 6) is 1.79. The fourth-order valence-electron chi connectivity index (χ4n) is 10.0. The summed E-state index contributed by atoms with van der Waals surface area (Å²) in [5, 5.41) is 6.85. The van der Waals surface area contributed by atoms with Gasteiger partial charge in [-0.2, -0.15) is 9.97 Å². The largest absolute Gasteiger partial charge is 0.307 e. The number of nitrogens with zero attached hydrogens (tertiary/aromatic N) is 5. The van der Waals surface area contributed by atoms with Gasteiger partial charge < -0.3 is 4.57 Å². The Kier molecular flexibility index (Phi) is 7.90. The first kappa shape index (κ1) is 35.4. The smallest absolute Gasteiger partial charge is 0.238 e. The van der Waals surface area contributed by atoms with E-state index in [2.05, 4.69) is 203 Å². The average molecular weight is 804 g/mol. The zero-order chi connectivity index (χ0) is 41.4. The normalized spacial score (nSPS) is 12.5. The minimum absolute atomic E-state index is 0.563. The molecule has 12 aromatic rings. The van der Waals surface area contributed by atoms with Crippen molar-refractivity contribution in [3.63, 3.8) is 0 Å². The first-order valence-electron chi connectivity index (χ1n) is 21.5. The quantitative estimate of drug-likeness (QED) is 0.168. The Balaban J connectivity index is 1.13. The summed E-state index contributed by atoms with van der Waals surface area (Å²) in [5.41, 5.74) is 14.8. The molecule has 0 aliphatic heterocycles. The number of para-hydroxylation sites is 3. The molecule has 0 bridgehead atoms. The van der Waals surface area contributed by atoms with Crippen molar-refractivity contribution < 1.29 is 0 Å². The lowest BCUT2D eigenvalue weighted by molar-refractivity contribution is 0.954. The van der Waals surface area contributed by atoms with E-state index in [1.54, 1.807) is 0 Å². The van der Waals surface area contributed by atoms with Crippen LogP contribution in [0.25, 0.3) is 112 Å². The lowest BCUT2D eigenvalue weighted by Gasteiger charge is -2.16. The van der Waals surface area contributed by atoms with Gasteiger partial charge in [0.2, 0.25) is 5.95 Å². The van der Waals surface area contributed by atoms with Crippen molar-refractivity contribution >= 4 is 66.0 Å². The second kappa shape index (κ2) is 14.1. The van der Waals surface area contributed by atoms with Crippen LogP contribution in [0.15, 0.2) is 206 Å². The SMILES string of the molecule is C1=C(c2ccccc2-n2c3ccccc3c3ccc4c5ccccc5n(-c5nc(-c6ccccc6)nc(-c6ccc(-c7ccccc7)c7ccccc67)n5)c4c32)Cc2ccccc21. The molecule has 294 valence electrons. The average Bonchev–Trinajstić information content (AvgIpc) is 4.05. The molecule has 1 aliphatic carbocycles. The summed E-state index contributed by atoms with van der Waals surface area (Å²) < 4.78 is 4.77. The molecule has 3 aromatic heterocycles. The molecule has 0 saturated carbocycles. The van der Waals surface area contributed by atoms with Crippen LogP contribution in [0, 0.1) is 0 Å². The van der Waals surface area contributed by atoms with Crippen molar-refractivity contribution in [1.82, 2.24) is 24.1 Å². The minimum Gasteiger partial charge on any atom is -0.307 e. The maximum absolute atomic E-state index is 5.51. The maximum atomic E-state index is 5.51. The molecule has 63 heavy (non-hydrogen) atoms. The highest BCUT2D eigenvalue weighted by Crippen LogP contribution is 2.44. The predicted octanol–water partition coefficient (Wildman–Crippen LogP) is 14.3. The first-order valence-corrected chi connectivity index (χ1v) is 21.5. The van der Waals surface area contributed by atoms with Crippen LogP contribution in [-0.2, 0) is 6.42 Å². The van der Waals surface area contributed by atoms with Gasteiger partial charge in [-0.25, -0.2) is 4.98 Å². The molecule has 0 amide bonds. The van der Waals surface area contributed by atoms with Gasteiger partial charge in [0.25, 0.3) is 0 Å². The Bertz CT molecular complexity index is 3820. The molecule has 0 unspecified atom stereocenters. The lowest BCUT2D eigenvalue weighted by Crippen LogP contribution is -2.07. The molecule has 0 spiro atoms. The molecule has 13 rings (SSSR count). The van der Waals surface area contributed by atoms with Crippen molar-refractivity contribution in [2.45, 2.75) is 6.42 Å². The van der Waals surface area contributed by atoms with Crippen LogP contribution in [-0.4, -0.2) is 24.1 Å². The van der Waals surface area contributed by atoms with E-state index in [1.807, 2.05) is 18.2 Å². The minimum atomic E-state index is 0.563. The number of hydrogen-bond acceptors (Lipinski definition) is 3. The van der Waals surface area contributed by atoms with Crippen molar-refractivity contribution in [1.29, 1.82) is 0 Å². The van der Waals surface area contributed by atoms with E-state index in [-0.39, 0.29) is 0 Å². The van der Waals surface area contributed by atoms with Crippen LogP contribution in [0.1, 0.15) is 16.7 Å². The molecule has 1 aliphatic rings. The van der Waals surface area contributed by atoms with E-state index >= 15 is 0 Å². The Hall–Kier alpha value is -8.41. The Morgan fingerprint density at radius 1 is 0.349 bits per heavy atom. The fourth-order valence-corrected chi connectivity index (χ4v) is 10.0. The number of benzene rings is 9. The summed E-state index contributed by atoms with van der Waals surface area (Å²) in [6.45, 7) is 0. The van der Waals surface area contributed by atoms with E-state index in [4.69, 9.17) is 15.0 Å². The van der Waals surface area contributed by atoms with Gasteiger partial charge in [-0.15, -0.1) is 0 Å². The van der Waals surface area contributed by atoms with Gasteiger partial charge in [-0.05, 0) is 69.3 Å². The predicted molar refractivity (Wildman–Crippen MR) is 260 cm³/mol. The van der Waals surface area contributed by atoms with Gasteiger partial charge in [0, 0.05) is 38.2 Å². The molecule has 0 saturated heterocycles. The zero-order valence-corrected chi connectivity index (χ0v) is 34.2. The molecule has 9 aromatic carbocycles. The van der Waals surface area contributed by atoms with Crippen molar-refractivity contribution in [2.75, 3.05) is 0 Å². The topological polar surface area (TPSA) is 48.5 Å². The van der Waals surface area contributed by atoms with E-state index in [1.165, 1.54) is 44.2 Å². The third-order valence-electron chi connectivity index (χ3n) is 12.8. The van der Waals surface area contributed by atoms with E-state index in [0.717, 1.165) is 66.8 Å². The molecule has 0 radical (unpaired) electrons. The van der Waals surface area contributed by atoms with Crippen molar-refractivity contribution in [3.8, 4) is 45.5 Å². The number of fused-ring (bicyclic) bond motifs is 9. The second-order valence-electron chi connectivity index (χ2n) is 16.3. The molecule has 0 atom stereocenters. The summed E-state index contributed by atoms with van der Waals surface area (Å²) in [6.07, 6.45) is 3.25. The molecule has 5 heteroatoms. The molecule has 0 N–H and O–H groups in total. The standard InChI is InChI=1S/C58H37N5/c1-3-17-37(18-4-1)42-31-34-50(45-25-10-9-24-44(42)45)57-59-56(38-19-5-2-6-20-38)60-58(61-57)63-53-30-16-13-27-47(53)49-33-32-48-46-26-12-15-29-52(46)62(54(48)55(49)63)51-28-14-11-23-43(51)41-35-39-21-7-8-22-40(39)36-41/h1-35H,36H2.